The highest BCUT2D eigenvalue weighted by molar-refractivity contribution is 5.85. The molecule has 7 heteroatoms. The van der Waals surface area contributed by atoms with Crippen LogP contribution in [-0.4, -0.2) is 31.1 Å². The van der Waals surface area contributed by atoms with Crippen molar-refractivity contribution in [1.82, 2.24) is 10.2 Å². The summed E-state index contributed by atoms with van der Waals surface area (Å²) in [7, 11) is 0. The molecule has 0 unspecified atom stereocenters. The van der Waals surface area contributed by atoms with Gasteiger partial charge in [0.05, 0.1) is 5.56 Å². The number of hydrogen-bond donors (Lipinski definition) is 1. The van der Waals surface area contributed by atoms with E-state index in [1.807, 2.05) is 6.92 Å². The molecule has 1 aliphatic heterocycles. The van der Waals surface area contributed by atoms with Gasteiger partial charge in [0.2, 0.25) is 0 Å². The van der Waals surface area contributed by atoms with Gasteiger partial charge in [-0.05, 0) is 19.1 Å². The Morgan fingerprint density at radius 1 is 1.20 bits per heavy atom. The zero-order chi connectivity index (χ0) is 14.0. The van der Waals surface area contributed by atoms with Crippen molar-refractivity contribution in [3.05, 3.63) is 35.1 Å². The molecular formula is C13H17ClF4N2. The van der Waals surface area contributed by atoms with Crippen LogP contribution in [0.15, 0.2) is 18.2 Å². The van der Waals surface area contributed by atoms with E-state index in [1.54, 1.807) is 0 Å². The molecule has 0 aliphatic carbocycles. The zero-order valence-corrected chi connectivity index (χ0v) is 11.8. The lowest BCUT2D eigenvalue weighted by Gasteiger charge is -2.33. The standard InChI is InChI=1S/C13H16F4N2.ClH/c1-9(19-6-4-18-5-7-19)11-3-2-10(8-12(11)14)13(15,16)17;/h2-3,8-9,18H,4-7H2,1H3;1H/t9-;/m1./s1. The van der Waals surface area contributed by atoms with Crippen molar-refractivity contribution in [2.75, 3.05) is 26.2 Å². The fraction of sp³-hybridized carbons (Fsp3) is 0.538. The van der Waals surface area contributed by atoms with Gasteiger partial charge in [0.1, 0.15) is 5.82 Å². The summed E-state index contributed by atoms with van der Waals surface area (Å²) in [6.07, 6.45) is -4.50. The molecule has 2 rings (SSSR count). The van der Waals surface area contributed by atoms with Crippen molar-refractivity contribution < 1.29 is 17.6 Å². The summed E-state index contributed by atoms with van der Waals surface area (Å²) in [5.74, 6) is -0.791. The Morgan fingerprint density at radius 2 is 1.80 bits per heavy atom. The van der Waals surface area contributed by atoms with Crippen molar-refractivity contribution in [1.29, 1.82) is 0 Å². The van der Waals surface area contributed by atoms with Gasteiger partial charge < -0.3 is 5.32 Å². The maximum atomic E-state index is 13.8. The van der Waals surface area contributed by atoms with Crippen molar-refractivity contribution in [2.45, 2.75) is 19.1 Å². The normalized spacial score (nSPS) is 18.4. The summed E-state index contributed by atoms with van der Waals surface area (Å²) in [6, 6.07) is 2.54. The molecule has 114 valence electrons. The van der Waals surface area contributed by atoms with E-state index in [-0.39, 0.29) is 18.4 Å². The van der Waals surface area contributed by atoms with Gasteiger partial charge in [0, 0.05) is 37.8 Å². The summed E-state index contributed by atoms with van der Waals surface area (Å²) in [5, 5.41) is 3.18. The summed E-state index contributed by atoms with van der Waals surface area (Å²) in [5.41, 5.74) is -0.629. The average Bonchev–Trinajstić information content (AvgIpc) is 2.38. The van der Waals surface area contributed by atoms with Crippen molar-refractivity contribution in [2.24, 2.45) is 0 Å². The molecule has 1 N–H and O–H groups in total. The number of alkyl halides is 3. The van der Waals surface area contributed by atoms with Crippen LogP contribution in [0.3, 0.4) is 0 Å². The van der Waals surface area contributed by atoms with Crippen LogP contribution < -0.4 is 5.32 Å². The summed E-state index contributed by atoms with van der Waals surface area (Å²) >= 11 is 0. The lowest BCUT2D eigenvalue weighted by Crippen LogP contribution is -2.44. The molecule has 1 fully saturated rings. The molecular weight excluding hydrogens is 296 g/mol. The van der Waals surface area contributed by atoms with Crippen LogP contribution in [0.5, 0.6) is 0 Å². The number of rotatable bonds is 2. The zero-order valence-electron chi connectivity index (χ0n) is 11.0. The van der Waals surface area contributed by atoms with Crippen LogP contribution in [0.4, 0.5) is 17.6 Å². The Morgan fingerprint density at radius 3 is 2.30 bits per heavy atom. The molecule has 0 amide bonds. The van der Waals surface area contributed by atoms with E-state index in [4.69, 9.17) is 0 Å². The SMILES string of the molecule is C[C@H](c1ccc(C(F)(F)F)cc1F)N1CCNCC1.Cl. The minimum absolute atomic E-state index is 0. The van der Waals surface area contributed by atoms with Crippen molar-refractivity contribution in [3.8, 4) is 0 Å². The molecule has 1 aliphatic rings. The molecule has 20 heavy (non-hydrogen) atoms. The fourth-order valence-electron chi connectivity index (χ4n) is 2.31. The predicted molar refractivity (Wildman–Crippen MR) is 71.5 cm³/mol. The van der Waals surface area contributed by atoms with Crippen LogP contribution in [0.1, 0.15) is 24.1 Å². The monoisotopic (exact) mass is 312 g/mol. The van der Waals surface area contributed by atoms with Crippen molar-refractivity contribution in [3.63, 3.8) is 0 Å². The van der Waals surface area contributed by atoms with E-state index in [0.717, 1.165) is 32.2 Å². The Hall–Kier alpha value is -0.850. The molecule has 0 spiro atoms. The smallest absolute Gasteiger partial charge is 0.314 e. The van der Waals surface area contributed by atoms with E-state index >= 15 is 0 Å². The Bertz CT molecular complexity index is 444. The summed E-state index contributed by atoms with van der Waals surface area (Å²) in [6.45, 7) is 4.97. The van der Waals surface area contributed by atoms with Crippen LogP contribution in [-0.2, 0) is 6.18 Å². The van der Waals surface area contributed by atoms with Gasteiger partial charge >= 0.3 is 6.18 Å². The average molecular weight is 313 g/mol. The Labute approximate surface area is 121 Å². The van der Waals surface area contributed by atoms with Gasteiger partial charge in [-0.3, -0.25) is 4.90 Å². The minimum Gasteiger partial charge on any atom is -0.314 e. The van der Waals surface area contributed by atoms with E-state index in [0.29, 0.717) is 11.6 Å². The first kappa shape index (κ1) is 17.2. The molecule has 1 aromatic carbocycles. The van der Waals surface area contributed by atoms with Gasteiger partial charge in [-0.1, -0.05) is 6.07 Å². The number of nitrogens with one attached hydrogen (secondary N) is 1. The second-order valence-electron chi connectivity index (χ2n) is 4.70. The molecule has 2 nitrogen and oxygen atoms in total. The highest BCUT2D eigenvalue weighted by Gasteiger charge is 2.32. The topological polar surface area (TPSA) is 15.3 Å². The van der Waals surface area contributed by atoms with Gasteiger partial charge in [0.25, 0.3) is 0 Å². The van der Waals surface area contributed by atoms with E-state index < -0.39 is 17.6 Å². The third-order valence-corrected chi connectivity index (χ3v) is 3.48. The molecule has 1 aromatic rings. The number of benzene rings is 1. The first-order chi connectivity index (χ1) is 8.89. The molecule has 0 aromatic heterocycles. The van der Waals surface area contributed by atoms with Gasteiger partial charge in [-0.2, -0.15) is 13.2 Å². The van der Waals surface area contributed by atoms with Gasteiger partial charge in [0.15, 0.2) is 0 Å². The molecule has 0 bridgehead atoms. The second kappa shape index (κ2) is 6.74. The third kappa shape index (κ3) is 3.84. The van der Waals surface area contributed by atoms with Gasteiger partial charge in [-0.15, -0.1) is 12.4 Å². The third-order valence-electron chi connectivity index (χ3n) is 3.48. The quantitative estimate of drug-likeness (QED) is 0.844. The largest absolute Gasteiger partial charge is 0.416 e. The maximum absolute atomic E-state index is 13.8. The number of halogens is 5. The summed E-state index contributed by atoms with van der Waals surface area (Å²) < 4.78 is 51.3. The maximum Gasteiger partial charge on any atom is 0.416 e. The Kier molecular flexibility index (Phi) is 5.79. The second-order valence-corrected chi connectivity index (χ2v) is 4.70. The van der Waals surface area contributed by atoms with Crippen LogP contribution in [0.25, 0.3) is 0 Å². The predicted octanol–water partition coefficient (Wildman–Crippen LogP) is 3.23. The fourth-order valence-corrected chi connectivity index (χ4v) is 2.31. The highest BCUT2D eigenvalue weighted by atomic mass is 35.5. The minimum atomic E-state index is -4.50. The van der Waals surface area contributed by atoms with E-state index in [1.165, 1.54) is 6.07 Å². The molecule has 0 radical (unpaired) electrons. The lowest BCUT2D eigenvalue weighted by atomic mass is 10.0. The first-order valence-corrected chi connectivity index (χ1v) is 6.21. The number of piperazine rings is 1. The molecule has 1 heterocycles. The molecule has 1 saturated heterocycles. The van der Waals surface area contributed by atoms with Crippen LogP contribution in [0, 0.1) is 5.82 Å². The molecule has 1 atom stereocenters. The Balaban J connectivity index is 0.00000200. The first-order valence-electron chi connectivity index (χ1n) is 6.21. The highest BCUT2D eigenvalue weighted by Crippen LogP contribution is 2.32. The number of nitrogens with zero attached hydrogens (tertiary/aromatic N) is 1. The number of hydrogen-bond acceptors (Lipinski definition) is 2. The molecule has 0 saturated carbocycles. The van der Waals surface area contributed by atoms with Crippen molar-refractivity contribution >= 4 is 12.4 Å². The lowest BCUT2D eigenvalue weighted by molar-refractivity contribution is -0.137. The summed E-state index contributed by atoms with van der Waals surface area (Å²) in [4.78, 5) is 2.06. The van der Waals surface area contributed by atoms with Crippen LogP contribution >= 0.6 is 12.4 Å². The van der Waals surface area contributed by atoms with E-state index in [9.17, 15) is 17.6 Å². The van der Waals surface area contributed by atoms with Crippen LogP contribution in [0.2, 0.25) is 0 Å². The van der Waals surface area contributed by atoms with Gasteiger partial charge in [-0.25, -0.2) is 4.39 Å². The van der Waals surface area contributed by atoms with E-state index in [2.05, 4.69) is 10.2 Å².